The second-order valence-electron chi connectivity index (χ2n) is 4.86. The average Bonchev–Trinajstić information content (AvgIpc) is 2.28. The van der Waals surface area contributed by atoms with Crippen molar-refractivity contribution in [3.05, 3.63) is 24.3 Å². The highest BCUT2D eigenvalue weighted by Gasteiger charge is 2.50. The van der Waals surface area contributed by atoms with Crippen molar-refractivity contribution in [3.8, 4) is 0 Å². The van der Waals surface area contributed by atoms with Crippen LogP contribution in [0.25, 0.3) is 0 Å². The predicted molar refractivity (Wildman–Crippen MR) is 73.8 cm³/mol. The molecule has 0 aromatic carbocycles. The van der Waals surface area contributed by atoms with Crippen LogP contribution in [0.2, 0.25) is 0 Å². The summed E-state index contributed by atoms with van der Waals surface area (Å²) in [6.45, 7) is 3.04. The first-order valence-electron chi connectivity index (χ1n) is 6.17. The lowest BCUT2D eigenvalue weighted by Crippen LogP contribution is -2.48. The van der Waals surface area contributed by atoms with Crippen LogP contribution in [0.15, 0.2) is 24.3 Å². The lowest BCUT2D eigenvalue weighted by Gasteiger charge is -2.30. The van der Waals surface area contributed by atoms with Gasteiger partial charge < -0.3 is 0 Å². The van der Waals surface area contributed by atoms with Crippen LogP contribution in [0.3, 0.4) is 0 Å². The van der Waals surface area contributed by atoms with Crippen LogP contribution < -0.4 is 0 Å². The molecule has 2 atom stereocenters. The standard InChI is InChI=1S/C12H19FO4S2/c1-3-4-7-10-18(14,15)11-8-5-6-9-12(11,2)19(13,16)17/h5-6,8-9,11H,3-4,7,10H2,1-2H3. The number of hydrogen-bond donors (Lipinski definition) is 0. The third-order valence-corrected chi connectivity index (χ3v) is 7.20. The van der Waals surface area contributed by atoms with E-state index in [9.17, 15) is 20.7 Å². The molecule has 0 fully saturated rings. The molecular formula is C12H19FO4S2. The lowest BCUT2D eigenvalue weighted by molar-refractivity contribution is 0.508. The molecule has 110 valence electrons. The van der Waals surface area contributed by atoms with Gasteiger partial charge in [0.2, 0.25) is 0 Å². The van der Waals surface area contributed by atoms with Crippen LogP contribution in [0.4, 0.5) is 3.89 Å². The molecule has 1 aliphatic carbocycles. The van der Waals surface area contributed by atoms with Crippen molar-refractivity contribution < 1.29 is 20.7 Å². The molecule has 0 heterocycles. The Kier molecular flexibility index (Phi) is 4.95. The van der Waals surface area contributed by atoms with Crippen molar-refractivity contribution in [1.29, 1.82) is 0 Å². The summed E-state index contributed by atoms with van der Waals surface area (Å²) in [4.78, 5) is 0. The van der Waals surface area contributed by atoms with Crippen molar-refractivity contribution in [2.24, 2.45) is 0 Å². The summed E-state index contributed by atoms with van der Waals surface area (Å²) in [6, 6.07) is 0. The second-order valence-corrected chi connectivity index (χ2v) is 8.86. The number of hydrogen-bond acceptors (Lipinski definition) is 4. The third kappa shape index (κ3) is 3.45. The minimum absolute atomic E-state index is 0.130. The van der Waals surface area contributed by atoms with Gasteiger partial charge in [0.1, 0.15) is 10.00 Å². The van der Waals surface area contributed by atoms with E-state index in [4.69, 9.17) is 0 Å². The highest BCUT2D eigenvalue weighted by atomic mass is 32.3. The number of rotatable bonds is 6. The van der Waals surface area contributed by atoms with Gasteiger partial charge in [0, 0.05) is 0 Å². The molecule has 0 amide bonds. The topological polar surface area (TPSA) is 68.3 Å². The summed E-state index contributed by atoms with van der Waals surface area (Å²) in [5.41, 5.74) is 0. The van der Waals surface area contributed by atoms with Gasteiger partial charge in [0.05, 0.1) is 5.75 Å². The van der Waals surface area contributed by atoms with Crippen molar-refractivity contribution in [1.82, 2.24) is 0 Å². The molecule has 1 rings (SSSR count). The van der Waals surface area contributed by atoms with E-state index in [0.29, 0.717) is 6.42 Å². The normalized spacial score (nSPS) is 27.6. The summed E-state index contributed by atoms with van der Waals surface area (Å²) in [5, 5.41) is -1.36. The largest absolute Gasteiger partial charge is 0.313 e. The van der Waals surface area contributed by atoms with Crippen LogP contribution in [0.1, 0.15) is 33.1 Å². The van der Waals surface area contributed by atoms with Gasteiger partial charge in [-0.15, -0.1) is 3.89 Å². The van der Waals surface area contributed by atoms with Crippen molar-refractivity contribution in [2.75, 3.05) is 5.75 Å². The molecule has 0 aliphatic heterocycles. The van der Waals surface area contributed by atoms with Gasteiger partial charge in [-0.3, -0.25) is 0 Å². The first kappa shape index (κ1) is 16.4. The van der Waals surface area contributed by atoms with Gasteiger partial charge in [-0.1, -0.05) is 44.1 Å². The Balaban J connectivity index is 3.10. The minimum Gasteiger partial charge on any atom is -0.228 e. The maximum Gasteiger partial charge on any atom is 0.313 e. The number of halogens is 1. The Morgan fingerprint density at radius 3 is 2.32 bits per heavy atom. The van der Waals surface area contributed by atoms with E-state index < -0.39 is 30.1 Å². The third-order valence-electron chi connectivity index (χ3n) is 3.33. The van der Waals surface area contributed by atoms with Crippen molar-refractivity contribution in [3.63, 3.8) is 0 Å². The molecule has 7 heteroatoms. The Morgan fingerprint density at radius 1 is 1.16 bits per heavy atom. The van der Waals surface area contributed by atoms with E-state index in [1.165, 1.54) is 18.2 Å². The fourth-order valence-corrected chi connectivity index (χ4v) is 5.44. The highest BCUT2D eigenvalue weighted by molar-refractivity contribution is 7.94. The van der Waals surface area contributed by atoms with E-state index in [2.05, 4.69) is 0 Å². The van der Waals surface area contributed by atoms with Crippen LogP contribution in [0, 0.1) is 0 Å². The summed E-state index contributed by atoms with van der Waals surface area (Å²) in [7, 11) is -8.71. The molecule has 0 radical (unpaired) electrons. The molecule has 4 nitrogen and oxygen atoms in total. The van der Waals surface area contributed by atoms with Gasteiger partial charge in [-0.25, -0.2) is 8.42 Å². The lowest BCUT2D eigenvalue weighted by atomic mass is 10.0. The van der Waals surface area contributed by atoms with E-state index in [0.717, 1.165) is 25.8 Å². The van der Waals surface area contributed by atoms with Gasteiger partial charge in [0.15, 0.2) is 9.84 Å². The highest BCUT2D eigenvalue weighted by Crippen LogP contribution is 2.33. The van der Waals surface area contributed by atoms with Crippen LogP contribution in [0.5, 0.6) is 0 Å². The van der Waals surface area contributed by atoms with Crippen molar-refractivity contribution >= 4 is 20.1 Å². The molecule has 0 saturated carbocycles. The van der Waals surface area contributed by atoms with Gasteiger partial charge in [0.25, 0.3) is 0 Å². The smallest absolute Gasteiger partial charge is 0.228 e. The van der Waals surface area contributed by atoms with Crippen LogP contribution in [-0.2, 0) is 20.1 Å². The molecule has 0 bridgehead atoms. The molecule has 1 aliphatic rings. The van der Waals surface area contributed by atoms with Gasteiger partial charge in [-0.2, -0.15) is 8.42 Å². The molecule has 0 aromatic rings. The number of unbranched alkanes of at least 4 members (excludes halogenated alkanes) is 2. The van der Waals surface area contributed by atoms with Gasteiger partial charge in [-0.05, 0) is 13.3 Å². The maximum absolute atomic E-state index is 13.5. The zero-order valence-electron chi connectivity index (χ0n) is 11.0. The summed E-state index contributed by atoms with van der Waals surface area (Å²) < 4.78 is 58.4. The van der Waals surface area contributed by atoms with Crippen LogP contribution in [-0.4, -0.2) is 32.6 Å². The summed E-state index contributed by atoms with van der Waals surface area (Å²) in [5.74, 6) is -0.130. The monoisotopic (exact) mass is 310 g/mol. The van der Waals surface area contributed by atoms with Crippen LogP contribution >= 0.6 is 0 Å². The Morgan fingerprint density at radius 2 is 1.79 bits per heavy atom. The predicted octanol–water partition coefficient (Wildman–Crippen LogP) is 2.14. The maximum atomic E-state index is 13.5. The first-order chi connectivity index (χ1) is 8.65. The zero-order chi connectivity index (χ0) is 14.7. The molecular weight excluding hydrogens is 291 g/mol. The summed E-state index contributed by atoms with van der Waals surface area (Å²) >= 11 is 0. The molecule has 0 aromatic heterocycles. The van der Waals surface area contributed by atoms with E-state index >= 15 is 0 Å². The summed E-state index contributed by atoms with van der Waals surface area (Å²) in [6.07, 6.45) is 7.20. The Bertz CT molecular complexity index is 575. The molecule has 0 N–H and O–H groups in total. The number of sulfone groups is 1. The fourth-order valence-electron chi connectivity index (χ4n) is 2.07. The Labute approximate surface area is 114 Å². The quantitative estimate of drug-likeness (QED) is 0.557. The fraction of sp³-hybridized carbons (Fsp3) is 0.667. The number of allylic oxidation sites excluding steroid dienone is 2. The Hall–Kier alpha value is -0.690. The molecule has 0 saturated heterocycles. The molecule has 0 spiro atoms. The second kappa shape index (κ2) is 5.75. The van der Waals surface area contributed by atoms with Crippen molar-refractivity contribution in [2.45, 2.75) is 43.1 Å². The van der Waals surface area contributed by atoms with Gasteiger partial charge >= 0.3 is 10.2 Å². The van der Waals surface area contributed by atoms with E-state index in [-0.39, 0.29) is 5.75 Å². The molecule has 2 unspecified atom stereocenters. The zero-order valence-corrected chi connectivity index (χ0v) is 12.7. The van der Waals surface area contributed by atoms with E-state index in [1.807, 2.05) is 6.92 Å². The first-order valence-corrected chi connectivity index (χ1v) is 9.27. The minimum atomic E-state index is -5.01. The molecule has 19 heavy (non-hydrogen) atoms. The average molecular weight is 310 g/mol. The SMILES string of the molecule is CCCCCS(=O)(=O)C1C=CC=CC1(C)S(=O)(=O)F. The van der Waals surface area contributed by atoms with E-state index in [1.54, 1.807) is 0 Å².